The predicted octanol–water partition coefficient (Wildman–Crippen LogP) is 1.34. The van der Waals surface area contributed by atoms with Gasteiger partial charge in [-0.05, 0) is 19.1 Å². The molecule has 0 saturated carbocycles. The third-order valence-corrected chi connectivity index (χ3v) is 4.50. The van der Waals surface area contributed by atoms with Gasteiger partial charge in [0.15, 0.2) is 0 Å². The highest BCUT2D eigenvalue weighted by Gasteiger charge is 2.44. The van der Waals surface area contributed by atoms with Crippen molar-refractivity contribution in [2.75, 3.05) is 13.1 Å². The number of sulfonamides is 1. The van der Waals surface area contributed by atoms with Crippen LogP contribution in [0.2, 0.25) is 0 Å². The Morgan fingerprint density at radius 1 is 1.35 bits per heavy atom. The molecule has 20 heavy (non-hydrogen) atoms. The van der Waals surface area contributed by atoms with Crippen LogP contribution in [-0.4, -0.2) is 42.9 Å². The second-order valence-corrected chi connectivity index (χ2v) is 6.73. The second-order valence-electron chi connectivity index (χ2n) is 4.79. The summed E-state index contributed by atoms with van der Waals surface area (Å²) in [5, 5.41) is 9.52. The lowest BCUT2D eigenvalue weighted by Crippen LogP contribution is -2.61. The maximum Gasteiger partial charge on any atom is 0.573 e. The van der Waals surface area contributed by atoms with Crippen LogP contribution in [0, 0.1) is 0 Å². The minimum atomic E-state index is -4.89. The molecule has 1 aliphatic rings. The lowest BCUT2D eigenvalue weighted by atomic mass is 10.0. The molecule has 0 aromatic heterocycles. The van der Waals surface area contributed by atoms with Gasteiger partial charge in [-0.3, -0.25) is 0 Å². The Labute approximate surface area is 113 Å². The minimum Gasteiger partial charge on any atom is -0.406 e. The van der Waals surface area contributed by atoms with Crippen molar-refractivity contribution in [3.63, 3.8) is 0 Å². The fraction of sp³-hybridized carbons (Fsp3) is 0.455. The van der Waals surface area contributed by atoms with E-state index < -0.39 is 27.7 Å². The molecule has 1 aromatic rings. The molecule has 0 atom stereocenters. The molecule has 1 heterocycles. The zero-order chi connectivity index (χ0) is 15.2. The zero-order valence-electron chi connectivity index (χ0n) is 10.4. The first kappa shape index (κ1) is 15.1. The van der Waals surface area contributed by atoms with Gasteiger partial charge in [0.05, 0.1) is 10.5 Å². The Morgan fingerprint density at radius 2 is 1.95 bits per heavy atom. The molecule has 1 N–H and O–H groups in total. The average molecular weight is 311 g/mol. The molecule has 0 radical (unpaired) electrons. The van der Waals surface area contributed by atoms with Gasteiger partial charge in [0.2, 0.25) is 10.0 Å². The number of β-amino-alcohol motifs (C(OH)–C–C–N with tert-alkyl or cyclic N) is 1. The van der Waals surface area contributed by atoms with Crippen LogP contribution >= 0.6 is 0 Å². The minimum absolute atomic E-state index is 0.0975. The molecule has 0 amide bonds. The second kappa shape index (κ2) is 4.61. The van der Waals surface area contributed by atoms with Gasteiger partial charge in [0.25, 0.3) is 0 Å². The van der Waals surface area contributed by atoms with Crippen LogP contribution in [0.4, 0.5) is 13.2 Å². The van der Waals surface area contributed by atoms with Crippen LogP contribution in [0.5, 0.6) is 5.75 Å². The highest BCUT2D eigenvalue weighted by atomic mass is 32.2. The first-order valence-electron chi connectivity index (χ1n) is 5.58. The summed E-state index contributed by atoms with van der Waals surface area (Å²) in [6.07, 6.45) is -4.89. The Hall–Kier alpha value is -1.32. The fourth-order valence-corrected chi connectivity index (χ4v) is 3.57. The summed E-state index contributed by atoms with van der Waals surface area (Å²) in [5.74, 6) is -0.606. The van der Waals surface area contributed by atoms with Gasteiger partial charge in [-0.15, -0.1) is 13.2 Å². The summed E-state index contributed by atoms with van der Waals surface area (Å²) in [5.41, 5.74) is -1.10. The molecule has 0 bridgehead atoms. The standard InChI is InChI=1S/C11H12F3NO4S/c1-10(16)6-15(7-10)20(17,18)9-4-2-3-8(5-9)19-11(12,13)14/h2-5,16H,6-7H2,1H3. The topological polar surface area (TPSA) is 66.8 Å². The number of benzene rings is 1. The normalized spacial score (nSPS) is 19.4. The van der Waals surface area contributed by atoms with E-state index in [1.54, 1.807) is 0 Å². The van der Waals surface area contributed by atoms with Gasteiger partial charge >= 0.3 is 6.36 Å². The number of rotatable bonds is 3. The molecule has 1 aromatic carbocycles. The highest BCUT2D eigenvalue weighted by Crippen LogP contribution is 2.30. The van der Waals surface area contributed by atoms with Crippen LogP contribution in [0.15, 0.2) is 29.2 Å². The van der Waals surface area contributed by atoms with Crippen LogP contribution in [0.1, 0.15) is 6.92 Å². The van der Waals surface area contributed by atoms with Crippen molar-refractivity contribution in [2.24, 2.45) is 0 Å². The summed E-state index contributed by atoms with van der Waals surface area (Å²) in [6.45, 7) is 1.28. The molecule has 0 unspecified atom stereocenters. The van der Waals surface area contributed by atoms with Crippen LogP contribution in [-0.2, 0) is 10.0 Å². The van der Waals surface area contributed by atoms with E-state index in [2.05, 4.69) is 4.74 Å². The van der Waals surface area contributed by atoms with Crippen LogP contribution in [0.3, 0.4) is 0 Å². The van der Waals surface area contributed by atoms with Crippen LogP contribution in [0.25, 0.3) is 0 Å². The summed E-state index contributed by atoms with van der Waals surface area (Å²) in [7, 11) is -3.93. The van der Waals surface area contributed by atoms with Crippen molar-refractivity contribution in [3.8, 4) is 5.75 Å². The fourth-order valence-electron chi connectivity index (χ4n) is 1.86. The molecule has 1 aliphatic heterocycles. The molecule has 0 spiro atoms. The van der Waals surface area contributed by atoms with E-state index in [-0.39, 0.29) is 18.0 Å². The number of alkyl halides is 3. The van der Waals surface area contributed by atoms with Crippen molar-refractivity contribution in [3.05, 3.63) is 24.3 Å². The molecule has 1 fully saturated rings. The predicted molar refractivity (Wildman–Crippen MR) is 62.5 cm³/mol. The van der Waals surface area contributed by atoms with Gasteiger partial charge in [0.1, 0.15) is 5.75 Å². The third-order valence-electron chi connectivity index (χ3n) is 2.71. The Morgan fingerprint density at radius 3 is 2.45 bits per heavy atom. The maximum absolute atomic E-state index is 12.1. The van der Waals surface area contributed by atoms with Crippen LogP contribution < -0.4 is 4.74 Å². The van der Waals surface area contributed by atoms with Crippen molar-refractivity contribution in [1.82, 2.24) is 4.31 Å². The number of hydrogen-bond donors (Lipinski definition) is 1. The van der Waals surface area contributed by atoms with E-state index in [0.29, 0.717) is 0 Å². The van der Waals surface area contributed by atoms with Gasteiger partial charge in [-0.1, -0.05) is 6.07 Å². The smallest absolute Gasteiger partial charge is 0.406 e. The lowest BCUT2D eigenvalue weighted by molar-refractivity contribution is -0.274. The number of nitrogens with zero attached hydrogens (tertiary/aromatic N) is 1. The molecule has 0 aliphatic carbocycles. The van der Waals surface area contributed by atoms with E-state index in [0.717, 1.165) is 22.5 Å². The quantitative estimate of drug-likeness (QED) is 0.915. The van der Waals surface area contributed by atoms with Gasteiger partial charge in [-0.2, -0.15) is 4.31 Å². The van der Waals surface area contributed by atoms with Crippen molar-refractivity contribution in [1.29, 1.82) is 0 Å². The number of hydrogen-bond acceptors (Lipinski definition) is 4. The molecule has 112 valence electrons. The summed E-state index contributed by atoms with van der Waals surface area (Å²) in [4.78, 5) is -0.310. The van der Waals surface area contributed by atoms with Gasteiger partial charge in [0, 0.05) is 19.2 Å². The third kappa shape index (κ3) is 3.22. The molecule has 9 heteroatoms. The molecular weight excluding hydrogens is 299 g/mol. The van der Waals surface area contributed by atoms with E-state index in [1.807, 2.05) is 0 Å². The van der Waals surface area contributed by atoms with E-state index in [4.69, 9.17) is 0 Å². The first-order chi connectivity index (χ1) is 9.00. The van der Waals surface area contributed by atoms with Crippen molar-refractivity contribution < 1.29 is 31.4 Å². The Balaban J connectivity index is 2.23. The average Bonchev–Trinajstić information content (AvgIpc) is 2.23. The zero-order valence-corrected chi connectivity index (χ0v) is 11.2. The van der Waals surface area contributed by atoms with Gasteiger partial charge < -0.3 is 9.84 Å². The number of ether oxygens (including phenoxy) is 1. The molecular formula is C11H12F3NO4S. The molecule has 2 rings (SSSR count). The maximum atomic E-state index is 12.1. The van der Waals surface area contributed by atoms with E-state index in [9.17, 15) is 26.7 Å². The number of halogens is 3. The van der Waals surface area contributed by atoms with E-state index >= 15 is 0 Å². The summed E-state index contributed by atoms with van der Waals surface area (Å²) < 4.78 is 65.1. The summed E-state index contributed by atoms with van der Waals surface area (Å²) >= 11 is 0. The Bertz CT molecular complexity index is 604. The highest BCUT2D eigenvalue weighted by molar-refractivity contribution is 7.89. The Kier molecular flexibility index (Phi) is 3.47. The van der Waals surface area contributed by atoms with Gasteiger partial charge in [-0.25, -0.2) is 8.42 Å². The summed E-state index contributed by atoms with van der Waals surface area (Å²) in [6, 6.07) is 4.14. The van der Waals surface area contributed by atoms with E-state index in [1.165, 1.54) is 13.0 Å². The first-order valence-corrected chi connectivity index (χ1v) is 7.02. The molecule has 1 saturated heterocycles. The molecule has 5 nitrogen and oxygen atoms in total. The SMILES string of the molecule is CC1(O)CN(S(=O)(=O)c2cccc(OC(F)(F)F)c2)C1. The lowest BCUT2D eigenvalue weighted by Gasteiger charge is -2.42. The number of aliphatic hydroxyl groups is 1. The largest absolute Gasteiger partial charge is 0.573 e. The van der Waals surface area contributed by atoms with Crippen molar-refractivity contribution >= 4 is 10.0 Å². The monoisotopic (exact) mass is 311 g/mol. The van der Waals surface area contributed by atoms with Crippen molar-refractivity contribution in [2.45, 2.75) is 23.8 Å².